The number of nitrogens with one attached hydrogen (secondary N) is 2. The highest BCUT2D eigenvalue weighted by atomic mass is 35.5. The van der Waals surface area contributed by atoms with Crippen LogP contribution in [0.1, 0.15) is 17.3 Å². The summed E-state index contributed by atoms with van der Waals surface area (Å²) in [5.74, 6) is -0.349. The smallest absolute Gasteiger partial charge is 0.255 e. The minimum Gasteiger partial charge on any atom is -0.321 e. The van der Waals surface area contributed by atoms with Crippen molar-refractivity contribution in [3.63, 3.8) is 0 Å². The second-order valence-electron chi connectivity index (χ2n) is 4.19. The number of aromatic nitrogens is 1. The van der Waals surface area contributed by atoms with Crippen LogP contribution in [0.3, 0.4) is 0 Å². The van der Waals surface area contributed by atoms with Crippen molar-refractivity contribution < 1.29 is 9.59 Å². The van der Waals surface area contributed by atoms with Gasteiger partial charge in [0.1, 0.15) is 5.82 Å². The van der Waals surface area contributed by atoms with Gasteiger partial charge in [0.05, 0.1) is 10.7 Å². The Bertz CT molecular complexity index is 704. The van der Waals surface area contributed by atoms with Gasteiger partial charge in [-0.3, -0.25) is 9.59 Å². The number of hydrogen-bond acceptors (Lipinski definition) is 3. The number of amides is 2. The lowest BCUT2D eigenvalue weighted by Gasteiger charge is -2.08. The molecule has 0 aliphatic heterocycles. The van der Waals surface area contributed by atoms with Gasteiger partial charge in [-0.05, 0) is 30.3 Å². The first-order chi connectivity index (χ1) is 9.95. The third-order valence-electron chi connectivity index (χ3n) is 2.50. The Morgan fingerprint density at radius 3 is 2.57 bits per heavy atom. The molecule has 2 rings (SSSR count). The first-order valence-electron chi connectivity index (χ1n) is 5.96. The van der Waals surface area contributed by atoms with E-state index in [0.29, 0.717) is 27.1 Å². The van der Waals surface area contributed by atoms with E-state index in [1.165, 1.54) is 25.3 Å². The van der Waals surface area contributed by atoms with Crippen LogP contribution >= 0.6 is 23.2 Å². The molecule has 0 bridgehead atoms. The average molecular weight is 324 g/mol. The van der Waals surface area contributed by atoms with Gasteiger partial charge in [-0.25, -0.2) is 4.98 Å². The van der Waals surface area contributed by atoms with Crippen molar-refractivity contribution in [2.45, 2.75) is 6.92 Å². The number of anilines is 2. The van der Waals surface area contributed by atoms with Crippen LogP contribution < -0.4 is 10.6 Å². The highest BCUT2D eigenvalue weighted by Gasteiger charge is 2.10. The van der Waals surface area contributed by atoms with E-state index in [1.54, 1.807) is 18.2 Å². The van der Waals surface area contributed by atoms with Crippen molar-refractivity contribution in [1.82, 2.24) is 4.98 Å². The molecule has 0 atom stereocenters. The van der Waals surface area contributed by atoms with Crippen LogP contribution in [-0.4, -0.2) is 16.8 Å². The lowest BCUT2D eigenvalue weighted by Crippen LogP contribution is -2.14. The molecule has 0 fully saturated rings. The summed E-state index contributed by atoms with van der Waals surface area (Å²) in [6, 6.07) is 7.77. The summed E-state index contributed by atoms with van der Waals surface area (Å²) in [5.41, 5.74) is 0.747. The summed E-state index contributed by atoms with van der Waals surface area (Å²) < 4.78 is 0. The van der Waals surface area contributed by atoms with Crippen molar-refractivity contribution in [2.24, 2.45) is 0 Å². The molecule has 2 aromatic rings. The number of halogens is 2. The maximum atomic E-state index is 12.2. The van der Waals surface area contributed by atoms with E-state index >= 15 is 0 Å². The number of nitrogens with zero attached hydrogens (tertiary/aromatic N) is 1. The summed E-state index contributed by atoms with van der Waals surface area (Å²) in [6.07, 6.45) is 1.43. The van der Waals surface area contributed by atoms with Gasteiger partial charge in [-0.2, -0.15) is 0 Å². The zero-order valence-electron chi connectivity index (χ0n) is 11.0. The molecule has 5 nitrogen and oxygen atoms in total. The van der Waals surface area contributed by atoms with E-state index in [0.717, 1.165) is 0 Å². The van der Waals surface area contributed by atoms with Crippen LogP contribution in [0.5, 0.6) is 0 Å². The highest BCUT2D eigenvalue weighted by molar-refractivity contribution is 6.35. The van der Waals surface area contributed by atoms with E-state index < -0.39 is 0 Å². The van der Waals surface area contributed by atoms with Gasteiger partial charge in [0.2, 0.25) is 5.91 Å². The molecule has 0 unspecified atom stereocenters. The Hall–Kier alpha value is -2.11. The van der Waals surface area contributed by atoms with E-state index in [1.807, 2.05) is 0 Å². The van der Waals surface area contributed by atoms with Crippen LogP contribution in [0.15, 0.2) is 36.5 Å². The molecule has 0 aliphatic rings. The van der Waals surface area contributed by atoms with Gasteiger partial charge in [-0.1, -0.05) is 23.2 Å². The Morgan fingerprint density at radius 2 is 1.86 bits per heavy atom. The molecule has 0 aliphatic carbocycles. The van der Waals surface area contributed by atoms with Crippen LogP contribution in [0.2, 0.25) is 10.0 Å². The molecule has 0 saturated heterocycles. The second kappa shape index (κ2) is 6.56. The number of carbonyl (C=O) groups excluding carboxylic acids is 2. The molecule has 108 valence electrons. The number of rotatable bonds is 3. The van der Waals surface area contributed by atoms with Crippen LogP contribution in [0.25, 0.3) is 0 Å². The molecular weight excluding hydrogens is 313 g/mol. The van der Waals surface area contributed by atoms with Crippen molar-refractivity contribution >= 4 is 46.5 Å². The van der Waals surface area contributed by atoms with E-state index in [4.69, 9.17) is 23.2 Å². The largest absolute Gasteiger partial charge is 0.321 e. The molecule has 2 N–H and O–H groups in total. The van der Waals surface area contributed by atoms with Crippen LogP contribution in [-0.2, 0) is 4.79 Å². The molecule has 2 amide bonds. The average Bonchev–Trinajstić information content (AvgIpc) is 2.42. The Morgan fingerprint density at radius 1 is 1.10 bits per heavy atom. The maximum absolute atomic E-state index is 12.2. The normalized spacial score (nSPS) is 10.0. The van der Waals surface area contributed by atoms with Crippen molar-refractivity contribution in [3.05, 3.63) is 52.1 Å². The third kappa shape index (κ3) is 4.18. The summed E-state index contributed by atoms with van der Waals surface area (Å²) >= 11 is 11.8. The minimum atomic E-state index is -0.381. The van der Waals surface area contributed by atoms with Gasteiger partial charge in [0.25, 0.3) is 5.91 Å². The number of hydrogen-bond donors (Lipinski definition) is 2. The van der Waals surface area contributed by atoms with Crippen molar-refractivity contribution in [2.75, 3.05) is 10.6 Å². The number of carbonyl (C=O) groups is 2. The molecule has 1 heterocycles. The lowest BCUT2D eigenvalue weighted by atomic mass is 10.2. The summed E-state index contributed by atoms with van der Waals surface area (Å²) in [5, 5.41) is 6.00. The Labute approximate surface area is 131 Å². The standard InChI is InChI=1S/C14H11Cl2N3O2/c1-8(20)18-13-6-9(4-5-17-13)14(21)19-12-7-10(15)2-3-11(12)16/h2-7H,1H3,(H,19,21)(H,17,18,20). The first kappa shape index (κ1) is 15.3. The van der Waals surface area contributed by atoms with Gasteiger partial charge >= 0.3 is 0 Å². The molecular formula is C14H11Cl2N3O2. The fourth-order valence-corrected chi connectivity index (χ4v) is 1.95. The minimum absolute atomic E-state index is 0.266. The predicted molar refractivity (Wildman–Crippen MR) is 83.0 cm³/mol. The van der Waals surface area contributed by atoms with E-state index in [2.05, 4.69) is 15.6 Å². The summed E-state index contributed by atoms with van der Waals surface area (Å²) in [4.78, 5) is 27.1. The van der Waals surface area contributed by atoms with Crippen LogP contribution in [0.4, 0.5) is 11.5 Å². The molecule has 0 spiro atoms. The van der Waals surface area contributed by atoms with Crippen LogP contribution in [0, 0.1) is 0 Å². The summed E-state index contributed by atoms with van der Waals surface area (Å²) in [7, 11) is 0. The fraction of sp³-hybridized carbons (Fsp3) is 0.0714. The van der Waals surface area contributed by atoms with Crippen molar-refractivity contribution in [3.8, 4) is 0 Å². The zero-order chi connectivity index (χ0) is 15.4. The SMILES string of the molecule is CC(=O)Nc1cc(C(=O)Nc2cc(Cl)ccc2Cl)ccn1. The van der Waals surface area contributed by atoms with Gasteiger partial charge in [0, 0.05) is 23.7 Å². The summed E-state index contributed by atoms with van der Waals surface area (Å²) in [6.45, 7) is 1.36. The van der Waals surface area contributed by atoms with E-state index in [-0.39, 0.29) is 11.8 Å². The quantitative estimate of drug-likeness (QED) is 0.906. The Balaban J connectivity index is 2.20. The number of benzene rings is 1. The van der Waals surface area contributed by atoms with Gasteiger partial charge < -0.3 is 10.6 Å². The second-order valence-corrected chi connectivity index (χ2v) is 5.03. The molecule has 21 heavy (non-hydrogen) atoms. The Kier molecular flexibility index (Phi) is 4.77. The number of pyridine rings is 1. The highest BCUT2D eigenvalue weighted by Crippen LogP contribution is 2.26. The third-order valence-corrected chi connectivity index (χ3v) is 3.07. The fourth-order valence-electron chi connectivity index (χ4n) is 1.61. The molecule has 7 heteroatoms. The predicted octanol–water partition coefficient (Wildman–Crippen LogP) is 3.60. The molecule has 1 aromatic carbocycles. The van der Waals surface area contributed by atoms with E-state index in [9.17, 15) is 9.59 Å². The van der Waals surface area contributed by atoms with Crippen molar-refractivity contribution in [1.29, 1.82) is 0 Å². The molecule has 0 radical (unpaired) electrons. The van der Waals surface area contributed by atoms with Gasteiger partial charge in [-0.15, -0.1) is 0 Å². The van der Waals surface area contributed by atoms with Gasteiger partial charge in [0.15, 0.2) is 0 Å². The zero-order valence-corrected chi connectivity index (χ0v) is 12.5. The maximum Gasteiger partial charge on any atom is 0.255 e. The molecule has 0 saturated carbocycles. The topological polar surface area (TPSA) is 71.1 Å². The first-order valence-corrected chi connectivity index (χ1v) is 6.71. The molecule has 1 aromatic heterocycles. The monoisotopic (exact) mass is 323 g/mol. The lowest BCUT2D eigenvalue weighted by molar-refractivity contribution is -0.114.